The van der Waals surface area contributed by atoms with E-state index in [1.165, 1.54) is 12.1 Å². The van der Waals surface area contributed by atoms with Gasteiger partial charge in [-0.05, 0) is 55.0 Å². The number of hydrogen-bond acceptors (Lipinski definition) is 4. The van der Waals surface area contributed by atoms with Crippen LogP contribution in [0.5, 0.6) is 17.2 Å². The van der Waals surface area contributed by atoms with Gasteiger partial charge in [0, 0.05) is 6.42 Å². The molecule has 0 aliphatic carbocycles. The first kappa shape index (κ1) is 18.6. The molecule has 25 heavy (non-hydrogen) atoms. The number of carbonyl (C=O) groups excluding carboxylic acids is 1. The number of ether oxygens (including phenoxy) is 3. The number of methoxy groups -OCH3 is 1. The van der Waals surface area contributed by atoms with Gasteiger partial charge in [-0.25, -0.2) is 4.39 Å². The first-order chi connectivity index (χ1) is 12.2. The molecule has 0 bridgehead atoms. The summed E-state index contributed by atoms with van der Waals surface area (Å²) in [4.78, 5) is 11.7. The van der Waals surface area contributed by atoms with Crippen molar-refractivity contribution in [3.63, 3.8) is 0 Å². The predicted molar refractivity (Wildman–Crippen MR) is 92.6 cm³/mol. The van der Waals surface area contributed by atoms with Crippen LogP contribution in [0.4, 0.5) is 4.39 Å². The van der Waals surface area contributed by atoms with Gasteiger partial charge in [0.25, 0.3) is 0 Å². The van der Waals surface area contributed by atoms with Gasteiger partial charge in [-0.2, -0.15) is 0 Å². The van der Waals surface area contributed by atoms with E-state index in [9.17, 15) is 9.18 Å². The molecule has 0 saturated heterocycles. The van der Waals surface area contributed by atoms with Crippen LogP contribution in [0.15, 0.2) is 48.5 Å². The summed E-state index contributed by atoms with van der Waals surface area (Å²) in [5.74, 6) is 1.73. The van der Waals surface area contributed by atoms with Gasteiger partial charge < -0.3 is 19.5 Å². The molecule has 134 valence electrons. The molecular weight excluding hydrogens is 325 g/mol. The monoisotopic (exact) mass is 347 g/mol. The van der Waals surface area contributed by atoms with E-state index in [-0.39, 0.29) is 11.7 Å². The van der Waals surface area contributed by atoms with Crippen molar-refractivity contribution >= 4 is 5.91 Å². The summed E-state index contributed by atoms with van der Waals surface area (Å²) in [5, 5.41) is 2.77. The molecule has 1 N–H and O–H groups in total. The largest absolute Gasteiger partial charge is 0.497 e. The fourth-order valence-electron chi connectivity index (χ4n) is 2.07. The van der Waals surface area contributed by atoms with E-state index in [2.05, 4.69) is 5.32 Å². The zero-order chi connectivity index (χ0) is 17.9. The molecule has 0 heterocycles. The Labute approximate surface area is 146 Å². The van der Waals surface area contributed by atoms with Crippen molar-refractivity contribution in [1.82, 2.24) is 5.32 Å². The van der Waals surface area contributed by atoms with Crippen molar-refractivity contribution in [1.29, 1.82) is 0 Å². The maximum Gasteiger partial charge on any atom is 0.220 e. The molecular formula is C19H22FNO4. The van der Waals surface area contributed by atoms with Crippen LogP contribution >= 0.6 is 0 Å². The summed E-state index contributed by atoms with van der Waals surface area (Å²) in [7, 11) is 1.61. The lowest BCUT2D eigenvalue weighted by atomic mass is 10.3. The van der Waals surface area contributed by atoms with Crippen molar-refractivity contribution < 1.29 is 23.4 Å². The van der Waals surface area contributed by atoms with Crippen LogP contribution in [0.1, 0.15) is 12.8 Å². The lowest BCUT2D eigenvalue weighted by molar-refractivity contribution is -0.121. The van der Waals surface area contributed by atoms with Crippen LogP contribution in [-0.4, -0.2) is 32.8 Å². The Kier molecular flexibility index (Phi) is 7.56. The number of carbonyl (C=O) groups is 1. The number of hydrogen-bond donors (Lipinski definition) is 1. The predicted octanol–water partition coefficient (Wildman–Crippen LogP) is 3.19. The van der Waals surface area contributed by atoms with Gasteiger partial charge in [0.05, 0.1) is 20.3 Å². The van der Waals surface area contributed by atoms with Gasteiger partial charge in [0.2, 0.25) is 5.91 Å². The lowest BCUT2D eigenvalue weighted by Crippen LogP contribution is -2.28. The average molecular weight is 347 g/mol. The summed E-state index contributed by atoms with van der Waals surface area (Å²) in [6.45, 7) is 1.20. The Morgan fingerprint density at radius 2 is 1.48 bits per heavy atom. The molecule has 0 saturated carbocycles. The zero-order valence-corrected chi connectivity index (χ0v) is 14.2. The van der Waals surface area contributed by atoms with E-state index < -0.39 is 0 Å². The molecule has 0 aliphatic heterocycles. The van der Waals surface area contributed by atoms with Crippen LogP contribution in [0.3, 0.4) is 0 Å². The SMILES string of the molecule is COc1ccc(OCCCC(=O)NCCOc2ccc(F)cc2)cc1. The molecule has 0 unspecified atom stereocenters. The van der Waals surface area contributed by atoms with Crippen LogP contribution in [0.25, 0.3) is 0 Å². The van der Waals surface area contributed by atoms with Gasteiger partial charge in [-0.15, -0.1) is 0 Å². The summed E-state index contributed by atoms with van der Waals surface area (Å²) in [5.41, 5.74) is 0. The standard InChI is InChI=1S/C19H22FNO4/c1-23-16-8-10-18(11-9-16)24-13-2-3-19(22)21-12-14-25-17-6-4-15(20)5-7-17/h4-11H,2-3,12-14H2,1H3,(H,21,22). The summed E-state index contributed by atoms with van der Waals surface area (Å²) < 4.78 is 28.8. The van der Waals surface area contributed by atoms with Crippen molar-refractivity contribution in [2.75, 3.05) is 26.9 Å². The number of amides is 1. The molecule has 0 aromatic heterocycles. The summed E-state index contributed by atoms with van der Waals surface area (Å²) in [6.07, 6.45) is 1.00. The summed E-state index contributed by atoms with van der Waals surface area (Å²) >= 11 is 0. The maximum absolute atomic E-state index is 12.7. The number of nitrogens with one attached hydrogen (secondary N) is 1. The molecule has 1 amide bonds. The van der Waals surface area contributed by atoms with Crippen molar-refractivity contribution in [3.8, 4) is 17.2 Å². The van der Waals surface area contributed by atoms with Crippen molar-refractivity contribution in [2.45, 2.75) is 12.8 Å². The smallest absolute Gasteiger partial charge is 0.220 e. The highest BCUT2D eigenvalue weighted by Crippen LogP contribution is 2.17. The highest BCUT2D eigenvalue weighted by molar-refractivity contribution is 5.75. The molecule has 2 aromatic carbocycles. The minimum Gasteiger partial charge on any atom is -0.497 e. The first-order valence-corrected chi connectivity index (χ1v) is 8.09. The number of rotatable bonds is 10. The second kappa shape index (κ2) is 10.2. The topological polar surface area (TPSA) is 56.8 Å². The van der Waals surface area contributed by atoms with Gasteiger partial charge in [0.1, 0.15) is 29.7 Å². The molecule has 0 radical (unpaired) electrons. The van der Waals surface area contributed by atoms with Gasteiger partial charge in [-0.3, -0.25) is 4.79 Å². The fraction of sp³-hybridized carbons (Fsp3) is 0.316. The van der Waals surface area contributed by atoms with E-state index in [4.69, 9.17) is 14.2 Å². The Bertz CT molecular complexity index is 643. The Morgan fingerprint density at radius 1 is 0.920 bits per heavy atom. The minimum atomic E-state index is -0.308. The van der Waals surface area contributed by atoms with Crippen LogP contribution < -0.4 is 19.5 Å². The molecule has 0 spiro atoms. The lowest BCUT2D eigenvalue weighted by Gasteiger charge is -2.09. The normalized spacial score (nSPS) is 10.2. The first-order valence-electron chi connectivity index (χ1n) is 8.09. The Hall–Kier alpha value is -2.76. The fourth-order valence-corrected chi connectivity index (χ4v) is 2.07. The van der Waals surface area contributed by atoms with E-state index >= 15 is 0 Å². The third-order valence-electron chi connectivity index (χ3n) is 3.38. The molecule has 0 fully saturated rings. The molecule has 0 aliphatic rings. The Balaban J connectivity index is 1.52. The quantitative estimate of drug-likeness (QED) is 0.671. The van der Waals surface area contributed by atoms with E-state index in [0.717, 1.165) is 11.5 Å². The molecule has 5 nitrogen and oxygen atoms in total. The number of halogens is 1. The van der Waals surface area contributed by atoms with Crippen molar-refractivity contribution in [2.24, 2.45) is 0 Å². The third-order valence-corrected chi connectivity index (χ3v) is 3.38. The maximum atomic E-state index is 12.7. The van der Waals surface area contributed by atoms with Gasteiger partial charge in [-0.1, -0.05) is 0 Å². The molecule has 6 heteroatoms. The van der Waals surface area contributed by atoms with Gasteiger partial charge >= 0.3 is 0 Å². The van der Waals surface area contributed by atoms with E-state index in [0.29, 0.717) is 38.3 Å². The van der Waals surface area contributed by atoms with Crippen LogP contribution in [-0.2, 0) is 4.79 Å². The third kappa shape index (κ3) is 7.12. The van der Waals surface area contributed by atoms with E-state index in [1.807, 2.05) is 24.3 Å². The average Bonchev–Trinajstić information content (AvgIpc) is 2.64. The number of benzene rings is 2. The van der Waals surface area contributed by atoms with Gasteiger partial charge in [0.15, 0.2) is 0 Å². The second-order valence-electron chi connectivity index (χ2n) is 5.28. The van der Waals surface area contributed by atoms with E-state index in [1.54, 1.807) is 19.2 Å². The van der Waals surface area contributed by atoms with Crippen LogP contribution in [0, 0.1) is 5.82 Å². The molecule has 2 aromatic rings. The molecule has 2 rings (SSSR count). The Morgan fingerprint density at radius 3 is 2.12 bits per heavy atom. The molecule has 0 atom stereocenters. The van der Waals surface area contributed by atoms with Crippen LogP contribution in [0.2, 0.25) is 0 Å². The zero-order valence-electron chi connectivity index (χ0n) is 14.2. The van der Waals surface area contributed by atoms with Crippen molar-refractivity contribution in [3.05, 3.63) is 54.3 Å². The highest BCUT2D eigenvalue weighted by Gasteiger charge is 2.02. The summed E-state index contributed by atoms with van der Waals surface area (Å²) in [6, 6.07) is 13.1. The second-order valence-corrected chi connectivity index (χ2v) is 5.28. The highest BCUT2D eigenvalue weighted by atomic mass is 19.1. The minimum absolute atomic E-state index is 0.0546.